The van der Waals surface area contributed by atoms with E-state index in [1.807, 2.05) is 36.1 Å². The molecule has 4 nitrogen and oxygen atoms in total. The lowest BCUT2D eigenvalue weighted by Crippen LogP contribution is -2.51. The average molecular weight is 377 g/mol. The van der Waals surface area contributed by atoms with Gasteiger partial charge in [-0.2, -0.15) is 0 Å². The molecule has 28 heavy (non-hydrogen) atoms. The molecule has 2 heterocycles. The SMILES string of the molecule is Cc1ccc(C#Cc2cc(F)c3c(c2)OCC(CN2CC(C(=O)O)C2)=C3)cc1. The van der Waals surface area contributed by atoms with Gasteiger partial charge in [-0.25, -0.2) is 4.39 Å². The molecule has 1 fully saturated rings. The van der Waals surface area contributed by atoms with E-state index in [1.54, 1.807) is 12.1 Å². The van der Waals surface area contributed by atoms with Gasteiger partial charge >= 0.3 is 5.97 Å². The maximum Gasteiger partial charge on any atom is 0.309 e. The number of ether oxygens (including phenoxy) is 1. The second-order valence-corrected chi connectivity index (χ2v) is 7.31. The highest BCUT2D eigenvalue weighted by Crippen LogP contribution is 2.31. The van der Waals surface area contributed by atoms with E-state index in [4.69, 9.17) is 9.84 Å². The van der Waals surface area contributed by atoms with Gasteiger partial charge in [0.2, 0.25) is 0 Å². The van der Waals surface area contributed by atoms with Crippen molar-refractivity contribution in [1.29, 1.82) is 0 Å². The summed E-state index contributed by atoms with van der Waals surface area (Å²) in [6.07, 6.45) is 1.81. The molecule has 1 saturated heterocycles. The lowest BCUT2D eigenvalue weighted by molar-refractivity contribution is -0.147. The van der Waals surface area contributed by atoms with Crippen molar-refractivity contribution >= 4 is 12.0 Å². The molecule has 1 N–H and O–H groups in total. The summed E-state index contributed by atoms with van der Waals surface area (Å²) in [5.74, 6) is 5.10. The van der Waals surface area contributed by atoms with E-state index >= 15 is 0 Å². The van der Waals surface area contributed by atoms with Crippen LogP contribution in [0.4, 0.5) is 4.39 Å². The summed E-state index contributed by atoms with van der Waals surface area (Å²) in [4.78, 5) is 12.9. The predicted molar refractivity (Wildman–Crippen MR) is 105 cm³/mol. The summed E-state index contributed by atoms with van der Waals surface area (Å²) in [6.45, 7) is 4.03. The van der Waals surface area contributed by atoms with E-state index in [-0.39, 0.29) is 11.7 Å². The van der Waals surface area contributed by atoms with E-state index in [0.29, 0.717) is 43.1 Å². The molecule has 2 aliphatic rings. The normalized spacial score (nSPS) is 16.1. The molecule has 142 valence electrons. The first-order valence-electron chi connectivity index (χ1n) is 9.17. The quantitative estimate of drug-likeness (QED) is 0.834. The first kappa shape index (κ1) is 18.3. The number of aryl methyl sites for hydroxylation is 1. The third-order valence-electron chi connectivity index (χ3n) is 4.99. The van der Waals surface area contributed by atoms with Crippen molar-refractivity contribution in [2.24, 2.45) is 5.92 Å². The summed E-state index contributed by atoms with van der Waals surface area (Å²) < 4.78 is 20.4. The van der Waals surface area contributed by atoms with Crippen LogP contribution in [0.25, 0.3) is 6.08 Å². The Hall–Kier alpha value is -3.10. The Morgan fingerprint density at radius 1 is 1.21 bits per heavy atom. The van der Waals surface area contributed by atoms with E-state index in [0.717, 1.165) is 16.7 Å². The molecule has 0 atom stereocenters. The predicted octanol–water partition coefficient (Wildman–Crippen LogP) is 3.33. The monoisotopic (exact) mass is 377 g/mol. The highest BCUT2D eigenvalue weighted by atomic mass is 19.1. The highest BCUT2D eigenvalue weighted by Gasteiger charge is 2.33. The molecular weight excluding hydrogens is 357 g/mol. The van der Waals surface area contributed by atoms with Gasteiger partial charge in [0.15, 0.2) is 0 Å². The van der Waals surface area contributed by atoms with Gasteiger partial charge in [0.1, 0.15) is 18.2 Å². The van der Waals surface area contributed by atoms with Crippen molar-refractivity contribution in [3.8, 4) is 17.6 Å². The summed E-state index contributed by atoms with van der Waals surface area (Å²) >= 11 is 0. The standard InChI is InChI=1S/C23H20FNO3/c1-15-2-4-16(5-3-15)6-7-17-9-21(24)20-8-18(14-28-22(20)10-17)11-25-12-19(13-25)23(26)27/h2-5,8-10,19H,11-14H2,1H3,(H,26,27). The molecule has 0 aliphatic carbocycles. The topological polar surface area (TPSA) is 49.8 Å². The minimum absolute atomic E-state index is 0.302. The zero-order valence-corrected chi connectivity index (χ0v) is 15.5. The fourth-order valence-corrected chi connectivity index (χ4v) is 3.36. The van der Waals surface area contributed by atoms with Gasteiger partial charge in [-0.15, -0.1) is 0 Å². The lowest BCUT2D eigenvalue weighted by Gasteiger charge is -2.37. The Morgan fingerprint density at radius 3 is 2.64 bits per heavy atom. The number of carboxylic acid groups (broad SMARTS) is 1. The summed E-state index contributed by atoms with van der Waals surface area (Å²) in [5, 5.41) is 8.95. The number of carbonyl (C=O) groups is 1. The molecule has 2 aliphatic heterocycles. The van der Waals surface area contributed by atoms with Crippen LogP contribution in [0.5, 0.6) is 5.75 Å². The van der Waals surface area contributed by atoms with Crippen LogP contribution in [-0.2, 0) is 4.79 Å². The Kier molecular flexibility index (Phi) is 4.89. The van der Waals surface area contributed by atoms with Gasteiger partial charge < -0.3 is 9.84 Å². The average Bonchev–Trinajstić information content (AvgIpc) is 2.64. The number of nitrogens with zero attached hydrogens (tertiary/aromatic N) is 1. The number of hydrogen-bond acceptors (Lipinski definition) is 3. The van der Waals surface area contributed by atoms with Crippen molar-refractivity contribution in [1.82, 2.24) is 4.90 Å². The number of rotatable bonds is 3. The number of halogens is 1. The molecule has 0 amide bonds. The Bertz CT molecular complexity index is 1010. The van der Waals surface area contributed by atoms with Crippen LogP contribution in [0.1, 0.15) is 22.3 Å². The van der Waals surface area contributed by atoms with Crippen molar-refractivity contribution < 1.29 is 19.0 Å². The number of carboxylic acids is 1. The molecule has 0 radical (unpaired) electrons. The van der Waals surface area contributed by atoms with E-state index < -0.39 is 5.97 Å². The first-order valence-corrected chi connectivity index (χ1v) is 9.17. The molecule has 2 aromatic carbocycles. The number of aliphatic carboxylic acids is 1. The van der Waals surface area contributed by atoms with Crippen LogP contribution in [0.2, 0.25) is 0 Å². The third kappa shape index (κ3) is 3.92. The second-order valence-electron chi connectivity index (χ2n) is 7.31. The van der Waals surface area contributed by atoms with Crippen molar-refractivity contribution in [2.75, 3.05) is 26.2 Å². The van der Waals surface area contributed by atoms with Crippen LogP contribution in [0.3, 0.4) is 0 Å². The second kappa shape index (κ2) is 7.49. The van der Waals surface area contributed by atoms with Gasteiger partial charge in [0, 0.05) is 30.8 Å². The van der Waals surface area contributed by atoms with Crippen LogP contribution in [-0.4, -0.2) is 42.2 Å². The minimum atomic E-state index is -0.763. The van der Waals surface area contributed by atoms with Gasteiger partial charge in [0.05, 0.1) is 11.5 Å². The largest absolute Gasteiger partial charge is 0.488 e. The summed E-state index contributed by atoms with van der Waals surface area (Å²) in [6, 6.07) is 11.0. The van der Waals surface area contributed by atoms with E-state index in [2.05, 4.69) is 11.8 Å². The molecule has 0 saturated carbocycles. The summed E-state index contributed by atoms with van der Waals surface area (Å²) in [5.41, 5.74) is 3.98. The van der Waals surface area contributed by atoms with Crippen molar-refractivity contribution in [2.45, 2.75) is 6.92 Å². The molecule has 0 bridgehead atoms. The number of likely N-dealkylation sites (tertiary alicyclic amines) is 1. The van der Waals surface area contributed by atoms with Crippen LogP contribution in [0, 0.1) is 30.5 Å². The van der Waals surface area contributed by atoms with Gasteiger partial charge in [-0.1, -0.05) is 29.5 Å². The number of fused-ring (bicyclic) bond motifs is 1. The molecular formula is C23H20FNO3. The molecule has 0 spiro atoms. The maximum absolute atomic E-state index is 14.6. The molecule has 0 aromatic heterocycles. The molecule has 5 heteroatoms. The van der Waals surface area contributed by atoms with Crippen molar-refractivity contribution in [3.05, 3.63) is 70.0 Å². The third-order valence-corrected chi connectivity index (χ3v) is 4.99. The lowest BCUT2D eigenvalue weighted by atomic mass is 9.98. The van der Waals surface area contributed by atoms with Crippen LogP contribution >= 0.6 is 0 Å². The Labute approximate surface area is 163 Å². The molecule has 4 rings (SSSR count). The van der Waals surface area contributed by atoms with Gasteiger partial charge in [0.25, 0.3) is 0 Å². The van der Waals surface area contributed by atoms with Gasteiger partial charge in [-0.05, 0) is 42.8 Å². The van der Waals surface area contributed by atoms with E-state index in [9.17, 15) is 9.18 Å². The minimum Gasteiger partial charge on any atom is -0.488 e. The number of benzene rings is 2. The Morgan fingerprint density at radius 2 is 1.93 bits per heavy atom. The highest BCUT2D eigenvalue weighted by molar-refractivity contribution is 5.71. The van der Waals surface area contributed by atoms with Gasteiger partial charge in [-0.3, -0.25) is 9.69 Å². The zero-order chi connectivity index (χ0) is 19.7. The van der Waals surface area contributed by atoms with Crippen LogP contribution < -0.4 is 4.74 Å². The fraction of sp³-hybridized carbons (Fsp3) is 0.261. The molecule has 0 unspecified atom stereocenters. The Balaban J connectivity index is 1.49. The zero-order valence-electron chi connectivity index (χ0n) is 15.5. The fourth-order valence-electron chi connectivity index (χ4n) is 3.36. The van der Waals surface area contributed by atoms with E-state index in [1.165, 1.54) is 6.07 Å². The van der Waals surface area contributed by atoms with Crippen molar-refractivity contribution in [3.63, 3.8) is 0 Å². The smallest absolute Gasteiger partial charge is 0.309 e. The summed E-state index contributed by atoms with van der Waals surface area (Å²) in [7, 11) is 0. The van der Waals surface area contributed by atoms with Crippen LogP contribution in [0.15, 0.2) is 42.0 Å². The molecule has 2 aromatic rings. The first-order chi connectivity index (χ1) is 13.5. The maximum atomic E-state index is 14.6. The number of hydrogen-bond donors (Lipinski definition) is 1.